The number of carbonyl (C=O) groups is 2. The van der Waals surface area contributed by atoms with Crippen molar-refractivity contribution < 1.29 is 28.6 Å². The van der Waals surface area contributed by atoms with Crippen LogP contribution in [0.2, 0.25) is 5.02 Å². The number of nitro groups is 2. The van der Waals surface area contributed by atoms with Crippen molar-refractivity contribution >= 4 is 40.6 Å². The molecule has 1 aliphatic rings. The van der Waals surface area contributed by atoms with E-state index in [1.165, 1.54) is 11.3 Å². The zero-order valence-electron chi connectivity index (χ0n) is 18.4. The van der Waals surface area contributed by atoms with Gasteiger partial charge in [-0.2, -0.15) is 5.10 Å². The third kappa shape index (κ3) is 5.39. The number of ether oxygens (including phenoxy) is 1. The number of hydrazone groups is 1. The maximum atomic E-state index is 12.9. The third-order valence-electron chi connectivity index (χ3n) is 5.38. The quantitative estimate of drug-likeness (QED) is 0.246. The topological polar surface area (TPSA) is 158 Å². The first kappa shape index (κ1) is 24.5. The number of hydrogen-bond acceptors (Lipinski definition) is 9. The summed E-state index contributed by atoms with van der Waals surface area (Å²) in [6, 6.07) is 12.7. The predicted octanol–water partition coefficient (Wildman–Crippen LogP) is 4.21. The summed E-state index contributed by atoms with van der Waals surface area (Å²) in [5.74, 6) is -1.06. The van der Waals surface area contributed by atoms with Crippen LogP contribution >= 0.6 is 11.6 Å². The van der Waals surface area contributed by atoms with E-state index in [1.807, 2.05) is 0 Å². The summed E-state index contributed by atoms with van der Waals surface area (Å²) in [5.41, 5.74) is 0.201. The van der Waals surface area contributed by atoms with Crippen LogP contribution in [0.15, 0.2) is 70.4 Å². The van der Waals surface area contributed by atoms with Crippen LogP contribution in [0, 0.1) is 20.2 Å². The van der Waals surface area contributed by atoms with Crippen LogP contribution in [-0.4, -0.2) is 39.1 Å². The van der Waals surface area contributed by atoms with Crippen LogP contribution in [0.3, 0.4) is 0 Å². The minimum absolute atomic E-state index is 0.0827. The Kier molecular flexibility index (Phi) is 7.06. The second-order valence-electron chi connectivity index (χ2n) is 7.69. The molecule has 0 fully saturated rings. The van der Waals surface area contributed by atoms with Crippen LogP contribution < -0.4 is 0 Å². The molecule has 1 amide bonds. The van der Waals surface area contributed by atoms with Gasteiger partial charge in [0.2, 0.25) is 0 Å². The maximum Gasteiger partial charge on any atom is 0.311 e. The molecule has 1 aliphatic heterocycles. The molecule has 36 heavy (non-hydrogen) atoms. The molecule has 0 radical (unpaired) electrons. The second kappa shape index (κ2) is 10.4. The van der Waals surface area contributed by atoms with E-state index in [4.69, 9.17) is 20.8 Å². The lowest BCUT2D eigenvalue weighted by atomic mass is 10.0. The van der Waals surface area contributed by atoms with Gasteiger partial charge in [-0.05, 0) is 35.9 Å². The fourth-order valence-electron chi connectivity index (χ4n) is 3.66. The minimum atomic E-state index is -0.920. The standard InChI is InChI=1S/C23H17ClN4O8/c24-16-6-3-14(4-7-16)18-12-20(21-2-1-9-35-21)26(25-18)22(29)13-36-23(30)10-15-5-8-17(27(31)32)11-19(15)28(33)34/h1-9,11,20H,10,12-13H2. The smallest absolute Gasteiger partial charge is 0.311 e. The Balaban J connectivity index is 1.46. The van der Waals surface area contributed by atoms with E-state index in [1.54, 1.807) is 36.4 Å². The Bertz CT molecular complexity index is 1350. The molecule has 0 spiro atoms. The van der Waals surface area contributed by atoms with Crippen molar-refractivity contribution in [1.29, 1.82) is 0 Å². The minimum Gasteiger partial charge on any atom is -0.467 e. The monoisotopic (exact) mass is 512 g/mol. The van der Waals surface area contributed by atoms with Gasteiger partial charge in [0.1, 0.15) is 11.8 Å². The van der Waals surface area contributed by atoms with Crippen molar-refractivity contribution in [2.75, 3.05) is 6.61 Å². The van der Waals surface area contributed by atoms with Crippen molar-refractivity contribution in [3.05, 3.63) is 103 Å². The van der Waals surface area contributed by atoms with Crippen LogP contribution in [0.1, 0.15) is 29.3 Å². The number of esters is 1. The lowest BCUT2D eigenvalue weighted by molar-refractivity contribution is -0.394. The number of hydrogen-bond donors (Lipinski definition) is 0. The summed E-state index contributed by atoms with van der Waals surface area (Å²) < 4.78 is 10.5. The van der Waals surface area contributed by atoms with Crippen LogP contribution in [-0.2, 0) is 20.7 Å². The highest BCUT2D eigenvalue weighted by molar-refractivity contribution is 6.30. The van der Waals surface area contributed by atoms with Gasteiger partial charge in [-0.25, -0.2) is 5.01 Å². The molecule has 0 aliphatic carbocycles. The van der Waals surface area contributed by atoms with Crippen LogP contribution in [0.25, 0.3) is 0 Å². The van der Waals surface area contributed by atoms with Gasteiger partial charge in [-0.3, -0.25) is 29.8 Å². The molecule has 1 aromatic heterocycles. The number of benzene rings is 2. The summed E-state index contributed by atoms with van der Waals surface area (Å²) in [7, 11) is 0. The van der Waals surface area contributed by atoms with Gasteiger partial charge in [0, 0.05) is 23.1 Å². The van der Waals surface area contributed by atoms with Crippen molar-refractivity contribution in [2.24, 2.45) is 5.10 Å². The Hall–Kier alpha value is -4.58. The van der Waals surface area contributed by atoms with Gasteiger partial charge in [-0.15, -0.1) is 0 Å². The largest absolute Gasteiger partial charge is 0.467 e. The summed E-state index contributed by atoms with van der Waals surface area (Å²) in [4.78, 5) is 45.8. The van der Waals surface area contributed by atoms with Crippen molar-refractivity contribution in [3.8, 4) is 0 Å². The maximum absolute atomic E-state index is 12.9. The lowest BCUT2D eigenvalue weighted by Crippen LogP contribution is -2.31. The zero-order valence-corrected chi connectivity index (χ0v) is 19.2. The number of non-ortho nitro benzene ring substituents is 1. The third-order valence-corrected chi connectivity index (χ3v) is 5.63. The van der Waals surface area contributed by atoms with E-state index in [0.29, 0.717) is 22.9 Å². The van der Waals surface area contributed by atoms with Gasteiger partial charge in [0.15, 0.2) is 6.61 Å². The molecule has 12 nitrogen and oxygen atoms in total. The van der Waals surface area contributed by atoms with E-state index in [2.05, 4.69) is 5.10 Å². The molecule has 3 aromatic rings. The number of furan rings is 1. The van der Waals surface area contributed by atoms with Crippen LogP contribution in [0.4, 0.5) is 11.4 Å². The van der Waals surface area contributed by atoms with Crippen LogP contribution in [0.5, 0.6) is 0 Å². The SMILES string of the molecule is O=C(Cc1ccc([N+](=O)[O-])cc1[N+](=O)[O-])OCC(=O)N1N=C(c2ccc(Cl)cc2)CC1c1ccco1. The highest BCUT2D eigenvalue weighted by atomic mass is 35.5. The number of carbonyl (C=O) groups excluding carboxylic acids is 2. The normalized spacial score (nSPS) is 14.9. The molecule has 0 bridgehead atoms. The molecule has 2 aromatic carbocycles. The molecule has 184 valence electrons. The fraction of sp³-hybridized carbons (Fsp3) is 0.174. The van der Waals surface area contributed by atoms with Crippen molar-refractivity contribution in [3.63, 3.8) is 0 Å². The molecule has 0 saturated carbocycles. The van der Waals surface area contributed by atoms with E-state index in [9.17, 15) is 29.8 Å². The van der Waals surface area contributed by atoms with Gasteiger partial charge in [0.25, 0.3) is 17.3 Å². The number of nitro benzene ring substituents is 2. The Morgan fingerprint density at radius 1 is 1.11 bits per heavy atom. The Morgan fingerprint density at radius 2 is 1.86 bits per heavy atom. The average Bonchev–Trinajstić information content (AvgIpc) is 3.53. The van der Waals surface area contributed by atoms with Crippen molar-refractivity contribution in [2.45, 2.75) is 18.9 Å². The number of rotatable bonds is 8. The lowest BCUT2D eigenvalue weighted by Gasteiger charge is -2.19. The van der Waals surface area contributed by atoms with Gasteiger partial charge < -0.3 is 9.15 Å². The Labute approximate surface area is 208 Å². The van der Waals surface area contributed by atoms with Gasteiger partial charge >= 0.3 is 5.97 Å². The summed E-state index contributed by atoms with van der Waals surface area (Å²) in [5, 5.41) is 28.3. The van der Waals surface area contributed by atoms with E-state index >= 15 is 0 Å². The van der Waals surface area contributed by atoms with E-state index in [-0.39, 0.29) is 5.56 Å². The first-order valence-electron chi connectivity index (χ1n) is 10.5. The fourth-order valence-corrected chi connectivity index (χ4v) is 3.79. The molecule has 2 heterocycles. The molecule has 0 saturated heterocycles. The second-order valence-corrected chi connectivity index (χ2v) is 8.13. The molecular formula is C23H17ClN4O8. The first-order chi connectivity index (χ1) is 17.2. The predicted molar refractivity (Wildman–Crippen MR) is 125 cm³/mol. The highest BCUT2D eigenvalue weighted by Gasteiger charge is 2.35. The highest BCUT2D eigenvalue weighted by Crippen LogP contribution is 2.33. The van der Waals surface area contributed by atoms with Gasteiger partial charge in [0.05, 0.1) is 34.3 Å². The summed E-state index contributed by atoms with van der Waals surface area (Å²) >= 11 is 5.95. The Morgan fingerprint density at radius 3 is 2.50 bits per heavy atom. The van der Waals surface area contributed by atoms with E-state index < -0.39 is 52.2 Å². The molecule has 4 rings (SSSR count). The number of amides is 1. The molecule has 0 N–H and O–H groups in total. The molecular weight excluding hydrogens is 496 g/mol. The average molecular weight is 513 g/mol. The molecule has 1 atom stereocenters. The number of halogens is 1. The zero-order chi connectivity index (χ0) is 25.8. The summed E-state index contributed by atoms with van der Waals surface area (Å²) in [6.45, 7) is -0.672. The van der Waals surface area contributed by atoms with E-state index in [0.717, 1.165) is 23.8 Å². The molecule has 13 heteroatoms. The van der Waals surface area contributed by atoms with Crippen molar-refractivity contribution in [1.82, 2.24) is 5.01 Å². The first-order valence-corrected chi connectivity index (χ1v) is 10.9. The molecule has 1 unspecified atom stereocenters. The summed E-state index contributed by atoms with van der Waals surface area (Å²) in [6.07, 6.45) is 1.27. The number of nitrogens with zero attached hydrogens (tertiary/aromatic N) is 4. The van der Waals surface area contributed by atoms with Gasteiger partial charge in [-0.1, -0.05) is 23.7 Å².